The van der Waals surface area contributed by atoms with Gasteiger partial charge in [0.1, 0.15) is 0 Å². The number of methoxy groups -OCH3 is 1. The van der Waals surface area contributed by atoms with Gasteiger partial charge in [-0.3, -0.25) is 4.79 Å². The minimum atomic E-state index is 0.0637. The van der Waals surface area contributed by atoms with Crippen molar-refractivity contribution in [2.24, 2.45) is 0 Å². The van der Waals surface area contributed by atoms with Crippen molar-refractivity contribution in [2.75, 3.05) is 40.8 Å². The van der Waals surface area contributed by atoms with Crippen molar-refractivity contribution in [3.8, 4) is 11.5 Å². The number of aryl methyl sites for hydroxylation is 1. The molecule has 0 aromatic heterocycles. The van der Waals surface area contributed by atoms with Gasteiger partial charge in [0.15, 0.2) is 11.5 Å². The molecule has 0 spiro atoms. The van der Waals surface area contributed by atoms with Gasteiger partial charge >= 0.3 is 0 Å². The molecule has 22 heavy (non-hydrogen) atoms. The normalized spacial score (nSPS) is 11.3. The Labute approximate surface area is 133 Å². The quantitative estimate of drug-likeness (QED) is 0.541. The number of nitrogens with one attached hydrogen (secondary N) is 1. The van der Waals surface area contributed by atoms with Crippen molar-refractivity contribution in [3.63, 3.8) is 0 Å². The summed E-state index contributed by atoms with van der Waals surface area (Å²) < 4.78 is 6.04. The van der Waals surface area contributed by atoms with Gasteiger partial charge < -0.3 is 19.6 Å². The lowest BCUT2D eigenvalue weighted by molar-refractivity contribution is -0.888. The summed E-state index contributed by atoms with van der Waals surface area (Å²) in [6, 6.07) is 5.17. The van der Waals surface area contributed by atoms with Crippen molar-refractivity contribution >= 4 is 5.91 Å². The molecule has 2 N–H and O–H groups in total. The largest absolute Gasteiger partial charge is 0.504 e. The highest BCUT2D eigenvalue weighted by Gasteiger charge is 2.11. The molecule has 0 aliphatic carbocycles. The average Bonchev–Trinajstić information content (AvgIpc) is 2.50. The molecule has 0 saturated carbocycles. The number of ether oxygens (including phenoxy) is 1. The Hall–Kier alpha value is -1.75. The molecule has 0 atom stereocenters. The van der Waals surface area contributed by atoms with Gasteiger partial charge in [-0.05, 0) is 31.0 Å². The second-order valence-corrected chi connectivity index (χ2v) is 6.19. The van der Waals surface area contributed by atoms with Gasteiger partial charge in [-0.2, -0.15) is 0 Å². The highest BCUT2D eigenvalue weighted by molar-refractivity contribution is 5.76. The maximum absolute atomic E-state index is 11.8. The smallest absolute Gasteiger partial charge is 0.220 e. The van der Waals surface area contributed by atoms with Crippen LogP contribution in [0.25, 0.3) is 0 Å². The summed E-state index contributed by atoms with van der Waals surface area (Å²) in [7, 11) is 5.90. The van der Waals surface area contributed by atoms with Crippen LogP contribution >= 0.6 is 0 Å². The lowest BCUT2D eigenvalue weighted by Crippen LogP contribution is -2.41. The first-order chi connectivity index (χ1) is 10.4. The maximum atomic E-state index is 11.8. The lowest BCUT2D eigenvalue weighted by atomic mass is 10.1. The molecule has 124 valence electrons. The molecule has 5 nitrogen and oxygen atoms in total. The summed E-state index contributed by atoms with van der Waals surface area (Å²) in [6.45, 7) is 5.05. The van der Waals surface area contributed by atoms with Crippen molar-refractivity contribution in [1.29, 1.82) is 0 Å². The molecule has 0 bridgehead atoms. The number of aromatic hydroxyl groups is 1. The molecule has 5 heteroatoms. The number of nitrogens with zero attached hydrogens (tertiary/aromatic N) is 1. The topological polar surface area (TPSA) is 58.6 Å². The fourth-order valence-electron chi connectivity index (χ4n) is 2.12. The van der Waals surface area contributed by atoms with E-state index < -0.39 is 0 Å². The fourth-order valence-corrected chi connectivity index (χ4v) is 2.12. The van der Waals surface area contributed by atoms with Gasteiger partial charge in [-0.1, -0.05) is 6.07 Å². The van der Waals surface area contributed by atoms with Gasteiger partial charge in [0.05, 0.1) is 34.3 Å². The zero-order valence-corrected chi connectivity index (χ0v) is 14.2. The van der Waals surface area contributed by atoms with E-state index in [1.807, 2.05) is 6.07 Å². The van der Waals surface area contributed by atoms with Gasteiger partial charge in [-0.15, -0.1) is 0 Å². The van der Waals surface area contributed by atoms with Gasteiger partial charge in [0.2, 0.25) is 5.91 Å². The Morgan fingerprint density at radius 1 is 1.36 bits per heavy atom. The summed E-state index contributed by atoms with van der Waals surface area (Å²) in [5.74, 6) is 0.624. The van der Waals surface area contributed by atoms with Crippen LogP contribution in [0.4, 0.5) is 0 Å². The molecule has 0 heterocycles. The van der Waals surface area contributed by atoms with Crippen LogP contribution in [0.1, 0.15) is 25.3 Å². The third kappa shape index (κ3) is 6.35. The summed E-state index contributed by atoms with van der Waals surface area (Å²) in [5, 5.41) is 12.5. The van der Waals surface area contributed by atoms with Gasteiger partial charge in [-0.25, -0.2) is 0 Å². The van der Waals surface area contributed by atoms with E-state index in [1.54, 1.807) is 12.1 Å². The monoisotopic (exact) mass is 309 g/mol. The predicted molar refractivity (Wildman–Crippen MR) is 88.1 cm³/mol. The van der Waals surface area contributed by atoms with Crippen LogP contribution in [0.15, 0.2) is 18.2 Å². The zero-order chi connectivity index (χ0) is 16.6. The fraction of sp³-hybridized carbons (Fsp3) is 0.588. The van der Waals surface area contributed by atoms with Crippen LogP contribution in [0.5, 0.6) is 11.5 Å². The Kier molecular flexibility index (Phi) is 7.18. The van der Waals surface area contributed by atoms with Gasteiger partial charge in [0.25, 0.3) is 0 Å². The van der Waals surface area contributed by atoms with E-state index in [-0.39, 0.29) is 11.7 Å². The number of phenols is 1. The highest BCUT2D eigenvalue weighted by Crippen LogP contribution is 2.26. The summed E-state index contributed by atoms with van der Waals surface area (Å²) in [4.78, 5) is 11.8. The summed E-state index contributed by atoms with van der Waals surface area (Å²) >= 11 is 0. The SMILES string of the molecule is CC[N+](C)(C)CCCNC(=O)CCc1ccc(O)c(OC)c1. The number of quaternary nitrogens is 1. The third-order valence-corrected chi connectivity index (χ3v) is 4.00. The van der Waals surface area contributed by atoms with Gasteiger partial charge in [0, 0.05) is 19.4 Å². The minimum absolute atomic E-state index is 0.0637. The number of carbonyl (C=O) groups excluding carboxylic acids is 1. The van der Waals surface area contributed by atoms with Crippen LogP contribution < -0.4 is 10.1 Å². The Morgan fingerprint density at radius 2 is 2.09 bits per heavy atom. The van der Waals surface area contributed by atoms with Crippen LogP contribution in [-0.2, 0) is 11.2 Å². The predicted octanol–water partition coefficient (Wildman–Crippen LogP) is 1.94. The molecule has 0 radical (unpaired) electrons. The van der Waals surface area contributed by atoms with E-state index in [2.05, 4.69) is 26.3 Å². The number of rotatable bonds is 9. The second-order valence-electron chi connectivity index (χ2n) is 6.19. The van der Waals surface area contributed by atoms with Crippen molar-refractivity contribution in [2.45, 2.75) is 26.2 Å². The summed E-state index contributed by atoms with van der Waals surface area (Å²) in [6.07, 6.45) is 2.07. The molecule has 1 aromatic carbocycles. The number of benzene rings is 1. The van der Waals surface area contributed by atoms with Crippen molar-refractivity contribution < 1.29 is 19.1 Å². The number of carbonyl (C=O) groups is 1. The lowest BCUT2D eigenvalue weighted by Gasteiger charge is -2.28. The molecule has 0 unspecified atom stereocenters. The summed E-state index contributed by atoms with van der Waals surface area (Å²) in [5.41, 5.74) is 0.980. The van der Waals surface area contributed by atoms with E-state index in [1.165, 1.54) is 7.11 Å². The molecule has 0 fully saturated rings. The maximum Gasteiger partial charge on any atom is 0.220 e. The number of hydrogen-bond acceptors (Lipinski definition) is 3. The molecular weight excluding hydrogens is 280 g/mol. The van der Waals surface area contributed by atoms with Crippen LogP contribution in [0.2, 0.25) is 0 Å². The van der Waals surface area contributed by atoms with E-state index in [4.69, 9.17) is 4.74 Å². The van der Waals surface area contributed by atoms with Crippen LogP contribution in [0.3, 0.4) is 0 Å². The standard InChI is InChI=1S/C17H28N2O3/c1-5-19(2,3)12-6-11-18-17(21)10-8-14-7-9-15(20)16(13-14)22-4/h7,9,13H,5-6,8,10-12H2,1-4H3,(H-,18,20,21)/p+1. The zero-order valence-electron chi connectivity index (χ0n) is 14.2. The molecule has 0 saturated heterocycles. The molecule has 0 aliphatic rings. The third-order valence-electron chi connectivity index (χ3n) is 4.00. The highest BCUT2D eigenvalue weighted by atomic mass is 16.5. The minimum Gasteiger partial charge on any atom is -0.504 e. The molecule has 0 aliphatic heterocycles. The molecule has 1 aromatic rings. The van der Waals surface area contributed by atoms with E-state index in [9.17, 15) is 9.90 Å². The van der Waals surface area contributed by atoms with Crippen molar-refractivity contribution in [3.05, 3.63) is 23.8 Å². The first-order valence-electron chi connectivity index (χ1n) is 7.82. The van der Waals surface area contributed by atoms with E-state index in [0.29, 0.717) is 18.6 Å². The molecule has 1 rings (SSSR count). The van der Waals surface area contributed by atoms with Crippen LogP contribution in [-0.4, -0.2) is 56.3 Å². The Balaban J connectivity index is 2.29. The first-order valence-corrected chi connectivity index (χ1v) is 7.82. The Bertz CT molecular complexity index is 487. The van der Waals surface area contributed by atoms with E-state index in [0.717, 1.165) is 36.1 Å². The first kappa shape index (κ1) is 18.3. The molecular formula is C17H29N2O3+. The van der Waals surface area contributed by atoms with E-state index >= 15 is 0 Å². The Morgan fingerprint density at radius 3 is 2.73 bits per heavy atom. The average molecular weight is 309 g/mol. The number of hydrogen-bond donors (Lipinski definition) is 2. The molecule has 1 amide bonds. The van der Waals surface area contributed by atoms with Crippen molar-refractivity contribution in [1.82, 2.24) is 5.32 Å². The number of amides is 1. The second kappa shape index (κ2) is 8.63. The number of phenolic OH excluding ortho intramolecular Hbond substituents is 1. The van der Waals surface area contributed by atoms with Crippen LogP contribution in [0, 0.1) is 0 Å².